The Morgan fingerprint density at radius 3 is 2.03 bits per heavy atom. The minimum atomic E-state index is -3.14. The Balaban J connectivity index is 1.48. The first kappa shape index (κ1) is 24.5. The van der Waals surface area contributed by atoms with Crippen LogP contribution in [0.4, 0.5) is 0 Å². The number of esters is 1. The van der Waals surface area contributed by atoms with Gasteiger partial charge in [0.25, 0.3) is 5.91 Å². The summed E-state index contributed by atoms with van der Waals surface area (Å²) in [7, 11) is -6.23. The Hall–Kier alpha value is -2.12. The molecule has 32 heavy (non-hydrogen) atoms. The van der Waals surface area contributed by atoms with Crippen molar-refractivity contribution in [3.05, 3.63) is 29.8 Å². The van der Waals surface area contributed by atoms with Crippen molar-refractivity contribution in [1.82, 2.24) is 10.6 Å². The van der Waals surface area contributed by atoms with E-state index in [9.17, 15) is 31.2 Å². The number of ether oxygens (including phenoxy) is 1. The van der Waals surface area contributed by atoms with Crippen molar-refractivity contribution in [1.29, 1.82) is 0 Å². The second-order valence-electron chi connectivity index (χ2n) is 7.70. The van der Waals surface area contributed by atoms with Crippen LogP contribution < -0.4 is 10.6 Å². The largest absolute Gasteiger partial charge is 0.452 e. The smallest absolute Gasteiger partial charge is 0.339 e. The summed E-state index contributed by atoms with van der Waals surface area (Å²) in [5.41, 5.74) is 0.185. The number of amides is 2. The fourth-order valence-corrected chi connectivity index (χ4v) is 7.67. The quantitative estimate of drug-likeness (QED) is 0.354. The lowest BCUT2D eigenvalue weighted by Crippen LogP contribution is -2.38. The van der Waals surface area contributed by atoms with Crippen LogP contribution in [0.1, 0.15) is 23.2 Å². The molecule has 0 spiro atoms. The maximum absolute atomic E-state index is 12.4. The molecule has 0 bridgehead atoms. The van der Waals surface area contributed by atoms with Crippen LogP contribution in [0, 0.1) is 0 Å². The van der Waals surface area contributed by atoms with Gasteiger partial charge in [0.1, 0.15) is 0 Å². The molecule has 1 aromatic rings. The van der Waals surface area contributed by atoms with Crippen molar-refractivity contribution in [2.24, 2.45) is 0 Å². The van der Waals surface area contributed by atoms with Crippen LogP contribution >= 0.6 is 11.8 Å². The molecule has 2 fully saturated rings. The molecule has 0 radical (unpaired) electrons. The van der Waals surface area contributed by atoms with Gasteiger partial charge in [0.2, 0.25) is 5.91 Å². The van der Waals surface area contributed by atoms with Gasteiger partial charge in [-0.2, -0.15) is 0 Å². The van der Waals surface area contributed by atoms with Gasteiger partial charge in [-0.05, 0) is 25.0 Å². The van der Waals surface area contributed by atoms with Crippen LogP contribution in [0.5, 0.6) is 0 Å². The number of hydrogen-bond donors (Lipinski definition) is 2. The summed E-state index contributed by atoms with van der Waals surface area (Å²) in [4.78, 5) is 37.0. The summed E-state index contributed by atoms with van der Waals surface area (Å²) in [6.45, 7) is -0.551. The van der Waals surface area contributed by atoms with E-state index >= 15 is 0 Å². The number of benzene rings is 1. The molecule has 2 heterocycles. The Kier molecular flexibility index (Phi) is 7.83. The van der Waals surface area contributed by atoms with Crippen LogP contribution in [-0.4, -0.2) is 82.1 Å². The third-order valence-electron chi connectivity index (χ3n) is 5.00. The van der Waals surface area contributed by atoms with Crippen molar-refractivity contribution in [3.8, 4) is 0 Å². The van der Waals surface area contributed by atoms with Gasteiger partial charge in [-0.25, -0.2) is 21.6 Å². The molecule has 0 unspecified atom stereocenters. The first-order valence-corrected chi connectivity index (χ1v) is 14.5. The molecule has 2 amide bonds. The van der Waals surface area contributed by atoms with E-state index in [4.69, 9.17) is 4.74 Å². The predicted octanol–water partition coefficient (Wildman–Crippen LogP) is -0.458. The van der Waals surface area contributed by atoms with Crippen molar-refractivity contribution in [2.45, 2.75) is 29.8 Å². The number of carbonyl (C=O) groups excluding carboxylic acids is 3. The van der Waals surface area contributed by atoms with Crippen molar-refractivity contribution in [2.75, 3.05) is 35.4 Å². The monoisotopic (exact) mass is 504 g/mol. The molecule has 2 N–H and O–H groups in total. The number of thioether (sulfide) groups is 1. The van der Waals surface area contributed by atoms with Gasteiger partial charge in [-0.3, -0.25) is 9.59 Å². The molecular weight excluding hydrogens is 480 g/mol. The van der Waals surface area contributed by atoms with Gasteiger partial charge in [-0.15, -0.1) is 11.8 Å². The molecule has 2 aliphatic heterocycles. The zero-order chi connectivity index (χ0) is 23.4. The van der Waals surface area contributed by atoms with Gasteiger partial charge in [-0.1, -0.05) is 12.1 Å². The van der Waals surface area contributed by atoms with E-state index in [1.54, 1.807) is 18.2 Å². The van der Waals surface area contributed by atoms with Crippen LogP contribution in [0.15, 0.2) is 29.2 Å². The second-order valence-corrected chi connectivity index (χ2v) is 13.2. The standard InChI is InChI=1S/C19H24N2O8S3/c22-17(20-13-5-7-31(25,26)11-13)9-29-19(24)15-3-1-2-4-16(15)30-10-18(23)21-14-6-8-32(27,28)12-14/h1-4,13-14H,5-12H2,(H,20,22)(H,21,23)/t13-,14+/m1/s1. The Bertz CT molecular complexity index is 1100. The van der Waals surface area contributed by atoms with Gasteiger partial charge in [0.05, 0.1) is 34.3 Å². The van der Waals surface area contributed by atoms with E-state index in [1.165, 1.54) is 6.07 Å². The SMILES string of the molecule is O=C(COC(=O)c1ccccc1SCC(=O)N[C@H]1CCS(=O)(=O)C1)N[C@@H]1CCS(=O)(=O)C1. The van der Waals surface area contributed by atoms with Crippen LogP contribution in [0.25, 0.3) is 0 Å². The second kappa shape index (κ2) is 10.2. The van der Waals surface area contributed by atoms with Crippen molar-refractivity contribution in [3.63, 3.8) is 0 Å². The molecule has 2 atom stereocenters. The highest BCUT2D eigenvalue weighted by Crippen LogP contribution is 2.23. The van der Waals surface area contributed by atoms with Gasteiger partial charge in [0.15, 0.2) is 26.3 Å². The van der Waals surface area contributed by atoms with E-state index in [1.807, 2.05) is 0 Å². The molecular formula is C19H24N2O8S3. The molecule has 0 aromatic heterocycles. The predicted molar refractivity (Wildman–Crippen MR) is 118 cm³/mol. The first-order chi connectivity index (χ1) is 15.0. The average molecular weight is 505 g/mol. The third-order valence-corrected chi connectivity index (χ3v) is 9.60. The number of carbonyl (C=O) groups is 3. The van der Waals surface area contributed by atoms with Crippen LogP contribution in [0.2, 0.25) is 0 Å². The molecule has 0 saturated carbocycles. The first-order valence-electron chi connectivity index (χ1n) is 9.91. The molecule has 2 saturated heterocycles. The number of nitrogens with one attached hydrogen (secondary N) is 2. The molecule has 10 nitrogen and oxygen atoms in total. The summed E-state index contributed by atoms with van der Waals surface area (Å²) < 4.78 is 50.9. The highest BCUT2D eigenvalue weighted by atomic mass is 32.2. The average Bonchev–Trinajstić information content (AvgIpc) is 3.24. The molecule has 13 heteroatoms. The molecule has 176 valence electrons. The maximum Gasteiger partial charge on any atom is 0.339 e. The lowest BCUT2D eigenvalue weighted by molar-refractivity contribution is -0.124. The summed E-state index contributed by atoms with van der Waals surface area (Å²) in [6.07, 6.45) is 0.715. The minimum Gasteiger partial charge on any atom is -0.452 e. The fraction of sp³-hybridized carbons (Fsp3) is 0.526. The maximum atomic E-state index is 12.4. The fourth-order valence-electron chi connectivity index (χ4n) is 3.47. The number of sulfone groups is 2. The number of rotatable bonds is 8. The van der Waals surface area contributed by atoms with Crippen molar-refractivity contribution >= 4 is 49.2 Å². The summed E-state index contributed by atoms with van der Waals surface area (Å²) in [5.74, 6) is -1.80. The lowest BCUT2D eigenvalue weighted by Gasteiger charge is -2.13. The molecule has 2 aliphatic rings. The number of hydrogen-bond acceptors (Lipinski definition) is 9. The Morgan fingerprint density at radius 2 is 1.47 bits per heavy atom. The Labute approximate surface area is 190 Å². The van der Waals surface area contributed by atoms with Gasteiger partial charge >= 0.3 is 5.97 Å². The molecule has 3 rings (SSSR count). The zero-order valence-electron chi connectivity index (χ0n) is 17.1. The lowest BCUT2D eigenvalue weighted by atomic mass is 10.2. The van der Waals surface area contributed by atoms with Gasteiger partial charge < -0.3 is 15.4 Å². The van der Waals surface area contributed by atoms with E-state index in [0.717, 1.165) is 11.8 Å². The minimum absolute atomic E-state index is 0.0164. The third kappa shape index (κ3) is 7.20. The van der Waals surface area contributed by atoms with E-state index in [-0.39, 0.29) is 40.2 Å². The highest BCUT2D eigenvalue weighted by Gasteiger charge is 2.30. The van der Waals surface area contributed by atoms with Crippen molar-refractivity contribution < 1.29 is 36.0 Å². The normalized spacial score (nSPS) is 23.4. The summed E-state index contributed by atoms with van der Waals surface area (Å²) in [5, 5.41) is 5.22. The molecule has 0 aliphatic carbocycles. The zero-order valence-corrected chi connectivity index (χ0v) is 19.6. The van der Waals surface area contributed by atoms with E-state index < -0.39 is 50.2 Å². The topological polar surface area (TPSA) is 153 Å². The molecule has 1 aromatic carbocycles. The summed E-state index contributed by atoms with van der Waals surface area (Å²) in [6, 6.07) is 5.57. The van der Waals surface area contributed by atoms with Gasteiger partial charge in [0, 0.05) is 17.0 Å². The Morgan fingerprint density at radius 1 is 0.906 bits per heavy atom. The van der Waals surface area contributed by atoms with E-state index in [0.29, 0.717) is 17.7 Å². The van der Waals surface area contributed by atoms with Crippen LogP contribution in [0.3, 0.4) is 0 Å². The van der Waals surface area contributed by atoms with E-state index in [2.05, 4.69) is 10.6 Å². The summed E-state index contributed by atoms with van der Waals surface area (Å²) >= 11 is 1.10. The highest BCUT2D eigenvalue weighted by molar-refractivity contribution is 8.00. The van der Waals surface area contributed by atoms with Crippen LogP contribution in [-0.2, 0) is 34.0 Å².